The van der Waals surface area contributed by atoms with Crippen molar-refractivity contribution in [2.45, 2.75) is 63.8 Å². The third kappa shape index (κ3) is 4.59. The number of amides is 1. The Labute approximate surface area is 202 Å². The van der Waals surface area contributed by atoms with Gasteiger partial charge in [-0.1, -0.05) is 19.8 Å². The van der Waals surface area contributed by atoms with Gasteiger partial charge in [-0.25, -0.2) is 18.7 Å². The van der Waals surface area contributed by atoms with Crippen molar-refractivity contribution in [1.29, 1.82) is 0 Å². The third-order valence-electron chi connectivity index (χ3n) is 7.16. The van der Waals surface area contributed by atoms with Gasteiger partial charge in [0.1, 0.15) is 17.3 Å². The summed E-state index contributed by atoms with van der Waals surface area (Å²) in [5.41, 5.74) is 2.34. The smallest absolute Gasteiger partial charge is 0.341 e. The van der Waals surface area contributed by atoms with E-state index in [0.29, 0.717) is 17.0 Å². The van der Waals surface area contributed by atoms with E-state index in [1.165, 1.54) is 12.1 Å². The topological polar surface area (TPSA) is 97.0 Å². The van der Waals surface area contributed by atoms with Gasteiger partial charge >= 0.3 is 5.97 Å². The average molecular weight is 481 g/mol. The van der Waals surface area contributed by atoms with Crippen LogP contribution in [0, 0.1) is 5.82 Å². The molecule has 1 amide bonds. The number of carbonyl (C=O) groups excluding carboxylic acids is 1. The van der Waals surface area contributed by atoms with Gasteiger partial charge in [0.2, 0.25) is 0 Å². The molecule has 3 heterocycles. The largest absolute Gasteiger partial charge is 0.482 e. The molecule has 1 aromatic carbocycles. The van der Waals surface area contributed by atoms with Crippen LogP contribution in [0.3, 0.4) is 0 Å². The lowest BCUT2D eigenvalue weighted by Gasteiger charge is -2.27. The minimum atomic E-state index is -1.14. The molecule has 8 nitrogen and oxygen atoms in total. The highest BCUT2D eigenvalue weighted by Gasteiger charge is 2.42. The van der Waals surface area contributed by atoms with Crippen molar-refractivity contribution < 1.29 is 23.8 Å². The zero-order valence-electron chi connectivity index (χ0n) is 20.0. The molecule has 1 aliphatic heterocycles. The standard InChI is InChI=1S/C26H29FN4O4/c1-16-6-4-3-5-11-30(16)25(34)21-13-22(26(2)9-10-26)31-23(28-21)14-20(29-31)18-8-7-17(12-19(18)27)35-15-24(32)33/h7-8,12-14,16H,3-6,9-11,15H2,1-2H3,(H,32,33)/t16-/m1/s1. The van der Waals surface area contributed by atoms with Crippen LogP contribution in [0.25, 0.3) is 16.9 Å². The molecule has 1 atom stereocenters. The van der Waals surface area contributed by atoms with Gasteiger partial charge in [-0.3, -0.25) is 4.79 Å². The van der Waals surface area contributed by atoms with Crippen LogP contribution >= 0.6 is 0 Å². The first-order chi connectivity index (χ1) is 16.7. The van der Waals surface area contributed by atoms with Crippen molar-refractivity contribution in [3.05, 3.63) is 47.5 Å². The minimum absolute atomic E-state index is 0.0683. The number of carbonyl (C=O) groups is 2. The first-order valence-corrected chi connectivity index (χ1v) is 12.1. The molecule has 2 aliphatic rings. The van der Waals surface area contributed by atoms with Gasteiger partial charge in [0.15, 0.2) is 12.3 Å². The Hall–Kier alpha value is -3.49. The lowest BCUT2D eigenvalue weighted by atomic mass is 10.0. The van der Waals surface area contributed by atoms with E-state index in [9.17, 15) is 14.0 Å². The first-order valence-electron chi connectivity index (χ1n) is 12.1. The molecule has 1 aliphatic carbocycles. The van der Waals surface area contributed by atoms with E-state index in [2.05, 4.69) is 23.9 Å². The number of aromatic nitrogens is 3. The Morgan fingerprint density at radius 1 is 1.20 bits per heavy atom. The van der Waals surface area contributed by atoms with Crippen molar-refractivity contribution in [3.8, 4) is 17.0 Å². The highest BCUT2D eigenvalue weighted by Crippen LogP contribution is 2.47. The molecule has 5 rings (SSSR count). The van der Waals surface area contributed by atoms with Crippen LogP contribution in [0.1, 0.15) is 68.6 Å². The summed E-state index contributed by atoms with van der Waals surface area (Å²) in [5.74, 6) is -1.66. The van der Waals surface area contributed by atoms with Crippen molar-refractivity contribution in [2.24, 2.45) is 0 Å². The van der Waals surface area contributed by atoms with Gasteiger partial charge in [-0.05, 0) is 50.8 Å². The molecule has 0 radical (unpaired) electrons. The molecule has 0 unspecified atom stereocenters. The molecule has 2 fully saturated rings. The second kappa shape index (κ2) is 8.94. The number of aliphatic carboxylic acids is 1. The molecular weight excluding hydrogens is 451 g/mol. The number of hydrogen-bond acceptors (Lipinski definition) is 5. The summed E-state index contributed by atoms with van der Waals surface area (Å²) in [6, 6.07) is 7.88. The van der Waals surface area contributed by atoms with Crippen LogP contribution in [0.4, 0.5) is 4.39 Å². The van der Waals surface area contributed by atoms with E-state index in [-0.39, 0.29) is 28.7 Å². The highest BCUT2D eigenvalue weighted by atomic mass is 19.1. The van der Waals surface area contributed by atoms with Crippen molar-refractivity contribution in [2.75, 3.05) is 13.2 Å². The van der Waals surface area contributed by atoms with E-state index in [0.717, 1.165) is 56.8 Å². The highest BCUT2D eigenvalue weighted by molar-refractivity contribution is 5.93. The average Bonchev–Trinajstić information content (AvgIpc) is 3.49. The fraction of sp³-hybridized carbons (Fsp3) is 0.462. The Morgan fingerprint density at radius 3 is 2.71 bits per heavy atom. The second-order valence-electron chi connectivity index (χ2n) is 9.91. The maximum Gasteiger partial charge on any atom is 0.341 e. The van der Waals surface area contributed by atoms with Crippen LogP contribution in [0.15, 0.2) is 30.3 Å². The molecule has 1 N–H and O–H groups in total. The summed E-state index contributed by atoms with van der Waals surface area (Å²) in [7, 11) is 0. The Bertz CT molecular complexity index is 1300. The second-order valence-corrected chi connectivity index (χ2v) is 9.91. The fourth-order valence-corrected chi connectivity index (χ4v) is 4.75. The molecule has 184 valence electrons. The number of fused-ring (bicyclic) bond motifs is 1. The maximum absolute atomic E-state index is 14.9. The molecule has 1 saturated heterocycles. The number of nitrogens with zero attached hydrogens (tertiary/aromatic N) is 4. The number of carboxylic acid groups (broad SMARTS) is 1. The Morgan fingerprint density at radius 2 is 2.00 bits per heavy atom. The van der Waals surface area contributed by atoms with Gasteiger partial charge in [0.25, 0.3) is 5.91 Å². The van der Waals surface area contributed by atoms with E-state index in [1.54, 1.807) is 10.6 Å². The molecule has 1 saturated carbocycles. The van der Waals surface area contributed by atoms with Gasteiger partial charge in [0.05, 0.1) is 11.4 Å². The van der Waals surface area contributed by atoms with E-state index in [4.69, 9.17) is 9.84 Å². The monoisotopic (exact) mass is 480 g/mol. The van der Waals surface area contributed by atoms with Gasteiger partial charge in [0, 0.05) is 35.7 Å². The van der Waals surface area contributed by atoms with Crippen molar-refractivity contribution in [3.63, 3.8) is 0 Å². The molecular formula is C26H29FN4O4. The maximum atomic E-state index is 14.9. The van der Waals surface area contributed by atoms with E-state index >= 15 is 0 Å². The molecule has 9 heteroatoms. The van der Waals surface area contributed by atoms with E-state index < -0.39 is 18.4 Å². The Balaban J connectivity index is 1.53. The number of ether oxygens (including phenoxy) is 1. The molecule has 2 aromatic heterocycles. The number of hydrogen-bond donors (Lipinski definition) is 1. The molecule has 3 aromatic rings. The first kappa shape index (κ1) is 23.3. The molecule has 0 spiro atoms. The number of benzene rings is 1. The van der Waals surface area contributed by atoms with Crippen LogP contribution in [0.5, 0.6) is 5.75 Å². The zero-order chi connectivity index (χ0) is 24.7. The predicted octanol–water partition coefficient (Wildman–Crippen LogP) is 4.46. The van der Waals surface area contributed by atoms with Crippen molar-refractivity contribution >= 4 is 17.5 Å². The zero-order valence-corrected chi connectivity index (χ0v) is 20.0. The lowest BCUT2D eigenvalue weighted by Crippen LogP contribution is -2.39. The van der Waals surface area contributed by atoms with Gasteiger partial charge < -0.3 is 14.7 Å². The predicted molar refractivity (Wildman–Crippen MR) is 127 cm³/mol. The number of likely N-dealkylation sites (tertiary alicyclic amines) is 1. The fourth-order valence-electron chi connectivity index (χ4n) is 4.75. The Kier molecular flexibility index (Phi) is 5.94. The van der Waals surface area contributed by atoms with Crippen LogP contribution < -0.4 is 4.74 Å². The summed E-state index contributed by atoms with van der Waals surface area (Å²) in [6.45, 7) is 4.41. The summed E-state index contributed by atoms with van der Waals surface area (Å²) in [6.07, 6.45) is 6.20. The van der Waals surface area contributed by atoms with Crippen LogP contribution in [-0.4, -0.2) is 55.7 Å². The van der Waals surface area contributed by atoms with Crippen molar-refractivity contribution in [1.82, 2.24) is 19.5 Å². The molecule has 0 bridgehead atoms. The molecule has 35 heavy (non-hydrogen) atoms. The summed E-state index contributed by atoms with van der Waals surface area (Å²) < 4.78 is 21.7. The normalized spacial score (nSPS) is 19.4. The number of rotatable bonds is 6. The van der Waals surface area contributed by atoms with Crippen LogP contribution in [0.2, 0.25) is 0 Å². The minimum Gasteiger partial charge on any atom is -0.482 e. The van der Waals surface area contributed by atoms with Crippen LogP contribution in [-0.2, 0) is 10.2 Å². The third-order valence-corrected chi connectivity index (χ3v) is 7.16. The quantitative estimate of drug-likeness (QED) is 0.560. The summed E-state index contributed by atoms with van der Waals surface area (Å²) >= 11 is 0. The number of carboxylic acids is 1. The summed E-state index contributed by atoms with van der Waals surface area (Å²) in [5, 5.41) is 13.4. The SMILES string of the molecule is C[C@@H]1CCCCCN1C(=O)c1cc(C2(C)CC2)n2nc(-c3ccc(OCC(=O)O)cc3F)cc2n1. The van der Waals surface area contributed by atoms with Gasteiger partial charge in [-0.15, -0.1) is 0 Å². The number of halogens is 1. The van der Waals surface area contributed by atoms with Gasteiger partial charge in [-0.2, -0.15) is 5.10 Å². The summed E-state index contributed by atoms with van der Waals surface area (Å²) in [4.78, 5) is 30.8. The van der Waals surface area contributed by atoms with E-state index in [1.807, 2.05) is 11.0 Å². The lowest BCUT2D eigenvalue weighted by molar-refractivity contribution is -0.139.